The van der Waals surface area contributed by atoms with Crippen LogP contribution < -0.4 is 20.1 Å². The number of ether oxygens (including phenoxy) is 4. The number of nitrogens with zero attached hydrogens (tertiary/aromatic N) is 4. The molecule has 0 radical (unpaired) electrons. The van der Waals surface area contributed by atoms with E-state index in [1.165, 1.54) is 14.2 Å². The van der Waals surface area contributed by atoms with E-state index in [1.54, 1.807) is 11.1 Å². The average Bonchev–Trinajstić information content (AvgIpc) is 4.19. The molecule has 0 spiro atoms. The van der Waals surface area contributed by atoms with E-state index in [0.29, 0.717) is 49.7 Å². The highest BCUT2D eigenvalue weighted by molar-refractivity contribution is 6.04. The molecule has 0 bridgehead atoms. The summed E-state index contributed by atoms with van der Waals surface area (Å²) in [6.07, 6.45) is 6.04. The van der Waals surface area contributed by atoms with Crippen molar-refractivity contribution < 1.29 is 38.1 Å². The molecule has 1 aromatic heterocycles. The zero-order valence-corrected chi connectivity index (χ0v) is 35.5. The zero-order valence-electron chi connectivity index (χ0n) is 35.5. The van der Waals surface area contributed by atoms with Gasteiger partial charge in [0.15, 0.2) is 0 Å². The number of aliphatic imine (C=N–C) groups is 1. The summed E-state index contributed by atoms with van der Waals surface area (Å²) in [6, 6.07) is 24.5. The minimum atomic E-state index is -0.905. The Balaban J connectivity index is 0.852. The lowest BCUT2D eigenvalue weighted by Gasteiger charge is -2.31. The Morgan fingerprint density at radius 2 is 1.25 bits per heavy atom. The molecule has 64 heavy (non-hydrogen) atoms. The number of H-pyrrole nitrogens is 1. The van der Waals surface area contributed by atoms with Crippen LogP contribution in [0.25, 0.3) is 28.0 Å². The molecule has 326 valence electrons. The standard InChI is InChI=1S/C49H47N7O8/c1-61-48(59)53-43(28-11-5-3-6-12-28)46(57)55-17-9-15-37(55)35-21-32(24-50-35)30-19-33-26-64-40-23-31(20-34-27-63-39(22-30)41(33)42(34)40)36-25-51-45(52-36)38-16-10-18-56(38)47(58)44(54-49(60)62-2)29-13-7-4-8-14-29/h3-8,11-14,19-20,22-25,37-38,43-44H,9-10,15-18,21,26-27H2,1-2H3,(H,51,52)(H,53,59)(H,54,60)/t37-,38-,43+,44+/m0/s1. The Labute approximate surface area is 369 Å². The Kier molecular flexibility index (Phi) is 10.8. The molecule has 2 saturated heterocycles. The van der Waals surface area contributed by atoms with E-state index in [1.807, 2.05) is 77.8 Å². The number of hydrogen-bond donors (Lipinski definition) is 3. The number of alkyl carbamates (subject to hydrolysis) is 2. The number of rotatable bonds is 10. The van der Waals surface area contributed by atoms with Crippen LogP contribution in [-0.4, -0.2) is 82.8 Å². The SMILES string of the molecule is COC(=O)N[C@@H](C(=O)N1CCC[C@H]1C1=NC=C(c2cc3c4c(c2)OCc2cc(-c5cnc([C@@H]6CCCN6C(=O)[C@H](NC(=O)OC)c6ccccc6)[nH]5)cc(c2-4)OC3)C1)c1ccccc1. The van der Waals surface area contributed by atoms with Crippen molar-refractivity contribution >= 4 is 35.3 Å². The number of aromatic amines is 1. The van der Waals surface area contributed by atoms with Gasteiger partial charge in [0, 0.05) is 59.2 Å². The van der Waals surface area contributed by atoms with E-state index in [9.17, 15) is 19.2 Å². The molecule has 5 aliphatic heterocycles. The minimum absolute atomic E-state index is 0.194. The molecule has 0 saturated carbocycles. The number of aromatic nitrogens is 2. The second-order valence-corrected chi connectivity index (χ2v) is 16.6. The Morgan fingerprint density at radius 3 is 1.83 bits per heavy atom. The van der Waals surface area contributed by atoms with Crippen LogP contribution in [0.15, 0.2) is 102 Å². The van der Waals surface area contributed by atoms with Crippen LogP contribution in [0.4, 0.5) is 9.59 Å². The van der Waals surface area contributed by atoms with Gasteiger partial charge >= 0.3 is 12.2 Å². The Hall–Kier alpha value is -7.42. The number of imidazole rings is 1. The first-order valence-corrected chi connectivity index (χ1v) is 21.6. The molecule has 2 fully saturated rings. The number of likely N-dealkylation sites (tertiary alicyclic amines) is 2. The molecule has 6 heterocycles. The normalized spacial score (nSPS) is 19.0. The van der Waals surface area contributed by atoms with Gasteiger partial charge in [0.1, 0.15) is 42.6 Å². The van der Waals surface area contributed by atoms with Gasteiger partial charge in [0.2, 0.25) is 5.91 Å². The number of nitrogens with one attached hydrogen (secondary N) is 3. The third-order valence-electron chi connectivity index (χ3n) is 12.8. The first kappa shape index (κ1) is 40.6. The third-order valence-corrected chi connectivity index (χ3v) is 12.8. The first-order chi connectivity index (χ1) is 31.3. The topological polar surface area (TPSA) is 177 Å². The summed E-state index contributed by atoms with van der Waals surface area (Å²) >= 11 is 0. The maximum atomic E-state index is 14.1. The van der Waals surface area contributed by atoms with Crippen molar-refractivity contribution in [3.05, 3.63) is 131 Å². The van der Waals surface area contributed by atoms with Crippen LogP contribution in [0, 0.1) is 0 Å². The predicted molar refractivity (Wildman–Crippen MR) is 236 cm³/mol. The number of allylic oxidation sites excluding steroid dienone is 1. The second kappa shape index (κ2) is 17.0. The summed E-state index contributed by atoms with van der Waals surface area (Å²) in [4.78, 5) is 69.5. The van der Waals surface area contributed by atoms with E-state index in [-0.39, 0.29) is 23.9 Å². The minimum Gasteiger partial charge on any atom is -0.488 e. The molecule has 4 amide bonds. The van der Waals surface area contributed by atoms with Gasteiger partial charge in [-0.2, -0.15) is 0 Å². The number of hydrogen-bond acceptors (Lipinski definition) is 10. The molecular weight excluding hydrogens is 815 g/mol. The molecule has 5 aliphatic rings. The van der Waals surface area contributed by atoms with Crippen molar-refractivity contribution in [1.82, 2.24) is 30.4 Å². The van der Waals surface area contributed by atoms with E-state index < -0.39 is 24.3 Å². The third kappa shape index (κ3) is 7.50. The van der Waals surface area contributed by atoms with Crippen LogP contribution in [0.3, 0.4) is 0 Å². The van der Waals surface area contributed by atoms with Crippen molar-refractivity contribution in [3.63, 3.8) is 0 Å². The Morgan fingerprint density at radius 1 is 0.719 bits per heavy atom. The van der Waals surface area contributed by atoms with Gasteiger partial charge in [-0.05, 0) is 72.2 Å². The molecule has 4 aromatic carbocycles. The van der Waals surface area contributed by atoms with Crippen molar-refractivity contribution in [2.45, 2.75) is 69.5 Å². The molecular formula is C49H47N7O8. The second-order valence-electron chi connectivity index (χ2n) is 16.6. The largest absolute Gasteiger partial charge is 0.488 e. The average molecular weight is 862 g/mol. The molecule has 15 nitrogen and oxygen atoms in total. The molecule has 0 aliphatic carbocycles. The van der Waals surface area contributed by atoms with E-state index in [2.05, 4.69) is 33.8 Å². The fourth-order valence-electron chi connectivity index (χ4n) is 9.74. The van der Waals surface area contributed by atoms with Gasteiger partial charge in [-0.3, -0.25) is 14.6 Å². The molecule has 3 N–H and O–H groups in total. The van der Waals surface area contributed by atoms with E-state index in [4.69, 9.17) is 28.9 Å². The molecule has 5 aromatic rings. The molecule has 10 rings (SSSR count). The van der Waals surface area contributed by atoms with Gasteiger partial charge in [-0.1, -0.05) is 60.7 Å². The highest BCUT2D eigenvalue weighted by Crippen LogP contribution is 2.51. The smallest absolute Gasteiger partial charge is 0.407 e. The number of carbonyl (C=O) groups is 4. The summed E-state index contributed by atoms with van der Waals surface area (Å²) in [5, 5.41) is 5.46. The van der Waals surface area contributed by atoms with Crippen LogP contribution in [0.2, 0.25) is 0 Å². The monoisotopic (exact) mass is 861 g/mol. The number of carbonyl (C=O) groups excluding carboxylic acids is 4. The maximum absolute atomic E-state index is 14.1. The quantitative estimate of drug-likeness (QED) is 0.128. The van der Waals surface area contributed by atoms with Crippen molar-refractivity contribution in [2.24, 2.45) is 4.99 Å². The lowest BCUT2D eigenvalue weighted by atomic mass is 9.86. The fraction of sp³-hybridized carbons (Fsp3) is 0.306. The first-order valence-electron chi connectivity index (χ1n) is 21.6. The summed E-state index contributed by atoms with van der Waals surface area (Å²) in [5.41, 5.74) is 10.0. The molecule has 0 unspecified atom stereocenters. The highest BCUT2D eigenvalue weighted by atomic mass is 16.5. The van der Waals surface area contributed by atoms with Crippen molar-refractivity contribution in [3.8, 4) is 33.9 Å². The summed E-state index contributed by atoms with van der Waals surface area (Å²) in [7, 11) is 2.56. The molecule has 15 heteroatoms. The summed E-state index contributed by atoms with van der Waals surface area (Å²) < 4.78 is 22.7. The van der Waals surface area contributed by atoms with Crippen LogP contribution in [-0.2, 0) is 32.3 Å². The van der Waals surface area contributed by atoms with Gasteiger partial charge < -0.3 is 44.4 Å². The predicted octanol–water partition coefficient (Wildman–Crippen LogP) is 7.56. The van der Waals surface area contributed by atoms with Gasteiger partial charge in [0.05, 0.1) is 38.2 Å². The van der Waals surface area contributed by atoms with Crippen molar-refractivity contribution in [2.75, 3.05) is 27.3 Å². The number of methoxy groups -OCH3 is 2. The number of amides is 4. The van der Waals surface area contributed by atoms with E-state index in [0.717, 1.165) is 87.5 Å². The van der Waals surface area contributed by atoms with Crippen molar-refractivity contribution in [1.29, 1.82) is 0 Å². The maximum Gasteiger partial charge on any atom is 0.407 e. The number of benzene rings is 4. The van der Waals surface area contributed by atoms with Crippen LogP contribution in [0.5, 0.6) is 11.5 Å². The summed E-state index contributed by atoms with van der Waals surface area (Å²) in [5.74, 6) is 1.79. The zero-order chi connectivity index (χ0) is 43.9. The van der Waals surface area contributed by atoms with E-state index >= 15 is 0 Å². The lowest BCUT2D eigenvalue weighted by Crippen LogP contribution is -2.47. The van der Waals surface area contributed by atoms with Gasteiger partial charge in [-0.25, -0.2) is 14.6 Å². The van der Waals surface area contributed by atoms with Gasteiger partial charge in [-0.15, -0.1) is 0 Å². The lowest BCUT2D eigenvalue weighted by molar-refractivity contribution is -0.135. The fourth-order valence-corrected chi connectivity index (χ4v) is 9.74. The Bertz CT molecular complexity index is 2670. The van der Waals surface area contributed by atoms with Crippen LogP contribution in [0.1, 0.15) is 83.9 Å². The van der Waals surface area contributed by atoms with Crippen LogP contribution >= 0.6 is 0 Å². The molecule has 4 atom stereocenters. The summed E-state index contributed by atoms with van der Waals surface area (Å²) in [6.45, 7) is 1.79. The van der Waals surface area contributed by atoms with Gasteiger partial charge in [0.25, 0.3) is 5.91 Å². The highest BCUT2D eigenvalue weighted by Gasteiger charge is 2.40.